The average Bonchev–Trinajstić information content (AvgIpc) is 2.48. The molecule has 0 amide bonds. The molecule has 0 saturated carbocycles. The maximum absolute atomic E-state index is 12.0. The first kappa shape index (κ1) is 16.9. The second-order valence-electron chi connectivity index (χ2n) is 4.52. The van der Waals surface area contributed by atoms with Crippen molar-refractivity contribution in [3.8, 4) is 0 Å². The van der Waals surface area contributed by atoms with E-state index in [0.717, 1.165) is 0 Å². The maximum Gasteiger partial charge on any atom is 0.338 e. The Morgan fingerprint density at radius 3 is 2.67 bits per heavy atom. The number of rotatable bonds is 8. The minimum Gasteiger partial charge on any atom is -0.478 e. The Morgan fingerprint density at radius 1 is 1.29 bits per heavy atom. The van der Waals surface area contributed by atoms with Gasteiger partial charge in [-0.3, -0.25) is 0 Å². The van der Waals surface area contributed by atoms with E-state index in [1.165, 1.54) is 18.2 Å². The van der Waals surface area contributed by atoms with Gasteiger partial charge in [-0.2, -0.15) is 0 Å². The average molecular weight is 292 g/mol. The van der Waals surface area contributed by atoms with E-state index in [1.807, 2.05) is 19.1 Å². The minimum atomic E-state index is -1.03. The van der Waals surface area contributed by atoms with Crippen LogP contribution in [0.25, 0.3) is 0 Å². The molecule has 0 saturated heterocycles. The molecule has 0 spiro atoms. The van der Waals surface area contributed by atoms with Crippen LogP contribution < -0.4 is 0 Å². The first-order valence-corrected chi connectivity index (χ1v) is 6.85. The van der Waals surface area contributed by atoms with E-state index in [9.17, 15) is 9.59 Å². The van der Waals surface area contributed by atoms with E-state index in [4.69, 9.17) is 14.9 Å². The van der Waals surface area contributed by atoms with Crippen molar-refractivity contribution in [1.82, 2.24) is 0 Å². The van der Waals surface area contributed by atoms with Crippen molar-refractivity contribution in [2.45, 2.75) is 26.2 Å². The highest BCUT2D eigenvalue weighted by atomic mass is 16.5. The molecule has 0 bridgehead atoms. The van der Waals surface area contributed by atoms with E-state index in [2.05, 4.69) is 0 Å². The zero-order chi connectivity index (χ0) is 15.7. The molecule has 0 aliphatic carbocycles. The molecular weight excluding hydrogens is 272 g/mol. The van der Waals surface area contributed by atoms with Gasteiger partial charge in [0, 0.05) is 6.61 Å². The molecule has 0 fully saturated rings. The number of allylic oxidation sites excluding steroid dienone is 2. The number of unbranched alkanes of at least 4 members (excludes halogenated alkanes) is 1. The van der Waals surface area contributed by atoms with Crippen molar-refractivity contribution in [2.75, 3.05) is 13.2 Å². The molecule has 0 atom stereocenters. The van der Waals surface area contributed by atoms with Gasteiger partial charge in [-0.05, 0) is 49.9 Å². The molecule has 1 aromatic carbocycles. The summed E-state index contributed by atoms with van der Waals surface area (Å²) in [6.45, 7) is 2.16. The normalized spacial score (nSPS) is 10.8. The number of carbonyl (C=O) groups excluding carboxylic acids is 1. The first-order chi connectivity index (χ1) is 10.1. The van der Waals surface area contributed by atoms with Gasteiger partial charge in [-0.15, -0.1) is 0 Å². The topological polar surface area (TPSA) is 83.8 Å². The summed E-state index contributed by atoms with van der Waals surface area (Å²) < 4.78 is 5.13. The molecule has 0 aliphatic rings. The van der Waals surface area contributed by atoms with Crippen molar-refractivity contribution in [1.29, 1.82) is 0 Å². The third-order valence-electron chi connectivity index (χ3n) is 2.93. The zero-order valence-electron chi connectivity index (χ0n) is 12.0. The summed E-state index contributed by atoms with van der Waals surface area (Å²) >= 11 is 0. The molecule has 0 heterocycles. The van der Waals surface area contributed by atoms with Crippen molar-refractivity contribution in [3.63, 3.8) is 0 Å². The molecule has 2 N–H and O–H groups in total. The number of aromatic carboxylic acids is 1. The summed E-state index contributed by atoms with van der Waals surface area (Å²) in [5.41, 5.74) is 1.15. The van der Waals surface area contributed by atoms with Gasteiger partial charge in [-0.25, -0.2) is 9.59 Å². The Hall–Kier alpha value is -2.14. The van der Waals surface area contributed by atoms with Crippen LogP contribution in [-0.4, -0.2) is 35.4 Å². The maximum atomic E-state index is 12.0. The van der Waals surface area contributed by atoms with Crippen molar-refractivity contribution in [2.24, 2.45) is 0 Å². The predicted molar refractivity (Wildman–Crippen MR) is 78.5 cm³/mol. The van der Waals surface area contributed by atoms with E-state index >= 15 is 0 Å². The van der Waals surface area contributed by atoms with Gasteiger partial charge in [0.15, 0.2) is 0 Å². The van der Waals surface area contributed by atoms with Crippen LogP contribution in [0.2, 0.25) is 0 Å². The Kier molecular flexibility index (Phi) is 7.18. The van der Waals surface area contributed by atoms with E-state index in [1.54, 1.807) is 0 Å². The standard InChI is InChI=1S/C16H20O5/c1-2-3-6-12-11-13(15(18)19)7-8-14(12)16(20)21-10-5-4-9-17/h2-3,7-8,11,17H,4-6,9-10H2,1H3,(H,18,19). The van der Waals surface area contributed by atoms with E-state index < -0.39 is 11.9 Å². The Morgan fingerprint density at radius 2 is 2.05 bits per heavy atom. The Bertz CT molecular complexity index is 519. The van der Waals surface area contributed by atoms with Crippen molar-refractivity contribution < 1.29 is 24.5 Å². The molecular formula is C16H20O5. The molecule has 21 heavy (non-hydrogen) atoms. The van der Waals surface area contributed by atoms with Crippen LogP contribution in [0.5, 0.6) is 0 Å². The number of esters is 1. The lowest BCUT2D eigenvalue weighted by Gasteiger charge is -2.09. The fourth-order valence-electron chi connectivity index (χ4n) is 1.80. The number of aliphatic hydroxyl groups is 1. The second-order valence-corrected chi connectivity index (χ2v) is 4.52. The van der Waals surface area contributed by atoms with Gasteiger partial charge in [0.05, 0.1) is 17.7 Å². The number of carboxylic acids is 1. The Labute approximate surface area is 123 Å². The number of benzene rings is 1. The minimum absolute atomic E-state index is 0.0669. The third kappa shape index (κ3) is 5.39. The number of carboxylic acid groups (broad SMARTS) is 1. The quantitative estimate of drug-likeness (QED) is 0.437. The number of hydrogen-bond acceptors (Lipinski definition) is 4. The summed E-state index contributed by atoms with van der Waals surface area (Å²) in [5.74, 6) is -1.50. The summed E-state index contributed by atoms with van der Waals surface area (Å²) in [6, 6.07) is 4.37. The third-order valence-corrected chi connectivity index (χ3v) is 2.93. The highest BCUT2D eigenvalue weighted by Crippen LogP contribution is 2.15. The lowest BCUT2D eigenvalue weighted by Crippen LogP contribution is -2.11. The van der Waals surface area contributed by atoms with Crippen LogP contribution in [0.3, 0.4) is 0 Å². The summed E-state index contributed by atoms with van der Waals surface area (Å²) in [6.07, 6.45) is 5.34. The highest BCUT2D eigenvalue weighted by molar-refractivity contribution is 5.94. The summed E-state index contributed by atoms with van der Waals surface area (Å²) in [4.78, 5) is 23.0. The Balaban J connectivity index is 2.88. The van der Waals surface area contributed by atoms with Crippen molar-refractivity contribution >= 4 is 11.9 Å². The van der Waals surface area contributed by atoms with Gasteiger partial charge in [0.2, 0.25) is 0 Å². The van der Waals surface area contributed by atoms with Crippen LogP contribution in [0, 0.1) is 0 Å². The molecule has 0 aromatic heterocycles. The molecule has 114 valence electrons. The lowest BCUT2D eigenvalue weighted by atomic mass is 10.0. The van der Waals surface area contributed by atoms with Gasteiger partial charge in [0.1, 0.15) is 0 Å². The largest absolute Gasteiger partial charge is 0.478 e. The molecule has 1 aromatic rings. The van der Waals surface area contributed by atoms with E-state index in [0.29, 0.717) is 30.4 Å². The molecule has 5 nitrogen and oxygen atoms in total. The van der Waals surface area contributed by atoms with Crippen molar-refractivity contribution in [3.05, 3.63) is 47.0 Å². The van der Waals surface area contributed by atoms with Gasteiger partial charge in [0.25, 0.3) is 0 Å². The monoisotopic (exact) mass is 292 g/mol. The molecule has 0 radical (unpaired) electrons. The number of hydrogen-bond donors (Lipinski definition) is 2. The number of aliphatic hydroxyl groups excluding tert-OH is 1. The van der Waals surface area contributed by atoms with Crippen LogP contribution in [0.15, 0.2) is 30.4 Å². The van der Waals surface area contributed by atoms with Crippen LogP contribution in [0.4, 0.5) is 0 Å². The van der Waals surface area contributed by atoms with Gasteiger partial charge < -0.3 is 14.9 Å². The van der Waals surface area contributed by atoms with Crippen LogP contribution >= 0.6 is 0 Å². The molecule has 5 heteroatoms. The van der Waals surface area contributed by atoms with E-state index in [-0.39, 0.29) is 18.8 Å². The highest BCUT2D eigenvalue weighted by Gasteiger charge is 2.14. The first-order valence-electron chi connectivity index (χ1n) is 6.85. The number of carbonyl (C=O) groups is 2. The molecule has 0 unspecified atom stereocenters. The van der Waals surface area contributed by atoms with Gasteiger partial charge >= 0.3 is 11.9 Å². The number of ether oxygens (including phenoxy) is 1. The van der Waals surface area contributed by atoms with Crippen LogP contribution in [-0.2, 0) is 11.2 Å². The summed E-state index contributed by atoms with van der Waals surface area (Å²) in [7, 11) is 0. The molecule has 0 aliphatic heterocycles. The van der Waals surface area contributed by atoms with Gasteiger partial charge in [-0.1, -0.05) is 12.2 Å². The SMILES string of the molecule is CC=CCc1cc(C(=O)O)ccc1C(=O)OCCCCO. The lowest BCUT2D eigenvalue weighted by molar-refractivity contribution is 0.0490. The predicted octanol–water partition coefficient (Wildman–Crippen LogP) is 2.43. The van der Waals surface area contributed by atoms with Crippen LogP contribution in [0.1, 0.15) is 46.0 Å². The zero-order valence-corrected chi connectivity index (χ0v) is 12.0. The fraction of sp³-hybridized carbons (Fsp3) is 0.375. The smallest absolute Gasteiger partial charge is 0.338 e. The fourth-order valence-corrected chi connectivity index (χ4v) is 1.80. The summed E-state index contributed by atoms with van der Waals surface area (Å²) in [5, 5.41) is 17.7. The second kappa shape index (κ2) is 8.92. The molecule has 1 rings (SSSR count).